The van der Waals surface area contributed by atoms with Crippen LogP contribution in [0.1, 0.15) is 18.0 Å². The van der Waals surface area contributed by atoms with Crippen LogP contribution in [0.5, 0.6) is 5.75 Å². The van der Waals surface area contributed by atoms with Crippen LogP contribution in [-0.2, 0) is 4.74 Å². The molecular formula is C15H20F3NO3. The van der Waals surface area contributed by atoms with Gasteiger partial charge in [-0.2, -0.15) is 13.2 Å². The van der Waals surface area contributed by atoms with Crippen LogP contribution < -0.4 is 4.74 Å². The van der Waals surface area contributed by atoms with E-state index in [4.69, 9.17) is 4.74 Å². The van der Waals surface area contributed by atoms with E-state index in [9.17, 15) is 18.3 Å². The fraction of sp³-hybridized carbons (Fsp3) is 0.600. The lowest BCUT2D eigenvalue weighted by Crippen LogP contribution is -2.30. The van der Waals surface area contributed by atoms with Crippen LogP contribution >= 0.6 is 0 Å². The molecule has 2 unspecified atom stereocenters. The minimum Gasteiger partial charge on any atom is -0.497 e. The average molecular weight is 319 g/mol. The zero-order valence-electron chi connectivity index (χ0n) is 12.3. The lowest BCUT2D eigenvalue weighted by atomic mass is 10.0. The Labute approximate surface area is 127 Å². The second kappa shape index (κ2) is 7.30. The maximum Gasteiger partial charge on any atom is 0.411 e. The smallest absolute Gasteiger partial charge is 0.411 e. The van der Waals surface area contributed by atoms with Crippen LogP contribution in [-0.4, -0.2) is 55.7 Å². The SMILES string of the molecule is COc1cccc(C2CC(O)CN2CCOCC(F)(F)F)c1. The second-order valence-corrected chi connectivity index (χ2v) is 5.34. The summed E-state index contributed by atoms with van der Waals surface area (Å²) in [6.45, 7) is -0.494. The summed E-state index contributed by atoms with van der Waals surface area (Å²) in [6, 6.07) is 7.45. The lowest BCUT2D eigenvalue weighted by Gasteiger charge is -2.24. The van der Waals surface area contributed by atoms with Gasteiger partial charge in [0.15, 0.2) is 0 Å². The highest BCUT2D eigenvalue weighted by molar-refractivity contribution is 5.31. The van der Waals surface area contributed by atoms with Gasteiger partial charge in [0.05, 0.1) is 19.8 Å². The van der Waals surface area contributed by atoms with Gasteiger partial charge in [-0.25, -0.2) is 0 Å². The summed E-state index contributed by atoms with van der Waals surface area (Å²) in [7, 11) is 1.57. The molecule has 0 spiro atoms. The number of hydrogen-bond donors (Lipinski definition) is 1. The van der Waals surface area contributed by atoms with Crippen molar-refractivity contribution in [2.45, 2.75) is 24.7 Å². The van der Waals surface area contributed by atoms with E-state index in [0.717, 1.165) is 5.56 Å². The molecule has 0 bridgehead atoms. The molecule has 1 saturated heterocycles. The number of β-amino-alcohol motifs (C(OH)–C–C–N with tert-alkyl or cyclic N) is 1. The van der Waals surface area contributed by atoms with E-state index in [1.54, 1.807) is 7.11 Å². The van der Waals surface area contributed by atoms with Crippen LogP contribution in [0.2, 0.25) is 0 Å². The summed E-state index contributed by atoms with van der Waals surface area (Å²) in [6.07, 6.45) is -4.25. The molecular weight excluding hydrogens is 299 g/mol. The standard InChI is InChI=1S/C15H20F3NO3/c1-21-13-4-2-3-11(7-13)14-8-12(20)9-19(14)5-6-22-10-15(16,17)18/h2-4,7,12,14,20H,5-6,8-10H2,1H3. The van der Waals surface area contributed by atoms with E-state index in [1.807, 2.05) is 29.2 Å². The zero-order valence-corrected chi connectivity index (χ0v) is 12.3. The Kier molecular flexibility index (Phi) is 5.66. The van der Waals surface area contributed by atoms with Gasteiger partial charge in [0.25, 0.3) is 0 Å². The molecule has 124 valence electrons. The third kappa shape index (κ3) is 4.86. The number of rotatable bonds is 6. The van der Waals surface area contributed by atoms with E-state index < -0.39 is 18.9 Å². The Morgan fingerprint density at radius 2 is 2.14 bits per heavy atom. The van der Waals surface area contributed by atoms with Crippen LogP contribution in [0, 0.1) is 0 Å². The topological polar surface area (TPSA) is 41.9 Å². The fourth-order valence-electron chi connectivity index (χ4n) is 2.69. The number of ether oxygens (including phenoxy) is 2. The highest BCUT2D eigenvalue weighted by atomic mass is 19.4. The summed E-state index contributed by atoms with van der Waals surface area (Å²) < 4.78 is 46.0. The molecule has 0 radical (unpaired) electrons. The van der Waals surface area contributed by atoms with Crippen molar-refractivity contribution >= 4 is 0 Å². The third-order valence-electron chi connectivity index (χ3n) is 3.65. The number of methoxy groups -OCH3 is 1. The van der Waals surface area contributed by atoms with Gasteiger partial charge in [0, 0.05) is 19.1 Å². The number of hydrogen-bond acceptors (Lipinski definition) is 4. The van der Waals surface area contributed by atoms with Gasteiger partial charge in [0.2, 0.25) is 0 Å². The van der Waals surface area contributed by atoms with Crippen molar-refractivity contribution in [1.82, 2.24) is 4.90 Å². The van der Waals surface area contributed by atoms with Gasteiger partial charge >= 0.3 is 6.18 Å². The van der Waals surface area contributed by atoms with Crippen LogP contribution in [0.4, 0.5) is 13.2 Å². The molecule has 7 heteroatoms. The van der Waals surface area contributed by atoms with Crippen molar-refractivity contribution in [2.24, 2.45) is 0 Å². The number of aliphatic hydroxyl groups excluding tert-OH is 1. The quantitative estimate of drug-likeness (QED) is 0.818. The molecule has 0 saturated carbocycles. The lowest BCUT2D eigenvalue weighted by molar-refractivity contribution is -0.174. The van der Waals surface area contributed by atoms with Crippen molar-refractivity contribution in [3.63, 3.8) is 0 Å². The van der Waals surface area contributed by atoms with Crippen LogP contribution in [0.3, 0.4) is 0 Å². The van der Waals surface area contributed by atoms with Crippen molar-refractivity contribution in [3.05, 3.63) is 29.8 Å². The van der Waals surface area contributed by atoms with E-state index >= 15 is 0 Å². The molecule has 1 aromatic rings. The van der Waals surface area contributed by atoms with Crippen molar-refractivity contribution < 1.29 is 27.8 Å². The van der Waals surface area contributed by atoms with Crippen molar-refractivity contribution in [2.75, 3.05) is 33.4 Å². The molecule has 1 aliphatic heterocycles. The van der Waals surface area contributed by atoms with E-state index in [-0.39, 0.29) is 12.6 Å². The molecule has 1 N–H and O–H groups in total. The molecule has 1 fully saturated rings. The number of aliphatic hydroxyl groups is 1. The molecule has 0 aromatic heterocycles. The second-order valence-electron chi connectivity index (χ2n) is 5.34. The normalized spacial score (nSPS) is 23.0. The van der Waals surface area contributed by atoms with E-state index in [0.29, 0.717) is 25.3 Å². The fourth-order valence-corrected chi connectivity index (χ4v) is 2.69. The summed E-state index contributed by atoms with van der Waals surface area (Å²) >= 11 is 0. The summed E-state index contributed by atoms with van der Waals surface area (Å²) in [5.74, 6) is 0.715. The van der Waals surface area contributed by atoms with Gasteiger partial charge < -0.3 is 14.6 Å². The summed E-state index contributed by atoms with van der Waals surface area (Å²) in [5, 5.41) is 9.85. The first-order chi connectivity index (χ1) is 10.4. The highest BCUT2D eigenvalue weighted by Crippen LogP contribution is 2.33. The molecule has 2 atom stereocenters. The summed E-state index contributed by atoms with van der Waals surface area (Å²) in [4.78, 5) is 1.94. The van der Waals surface area contributed by atoms with E-state index in [2.05, 4.69) is 4.74 Å². The average Bonchev–Trinajstić information content (AvgIpc) is 2.84. The molecule has 1 heterocycles. The zero-order chi connectivity index (χ0) is 16.2. The Bertz CT molecular complexity index is 481. The molecule has 1 aliphatic rings. The predicted molar refractivity (Wildman–Crippen MR) is 74.8 cm³/mol. The first kappa shape index (κ1) is 17.1. The van der Waals surface area contributed by atoms with Crippen molar-refractivity contribution in [1.29, 1.82) is 0 Å². The molecule has 0 amide bonds. The maximum atomic E-state index is 12.1. The van der Waals surface area contributed by atoms with Crippen LogP contribution in [0.15, 0.2) is 24.3 Å². The Hall–Kier alpha value is -1.31. The van der Waals surface area contributed by atoms with Gasteiger partial charge in [-0.15, -0.1) is 0 Å². The van der Waals surface area contributed by atoms with Crippen molar-refractivity contribution in [3.8, 4) is 5.75 Å². The summed E-state index contributed by atoms with van der Waals surface area (Å²) in [5.41, 5.74) is 0.978. The molecule has 1 aromatic carbocycles. The third-order valence-corrected chi connectivity index (χ3v) is 3.65. The molecule has 4 nitrogen and oxygen atoms in total. The first-order valence-corrected chi connectivity index (χ1v) is 7.09. The minimum absolute atomic E-state index is 0.0211. The van der Waals surface area contributed by atoms with Gasteiger partial charge in [-0.3, -0.25) is 4.90 Å². The monoisotopic (exact) mass is 319 g/mol. The number of likely N-dealkylation sites (tertiary alicyclic amines) is 1. The number of benzene rings is 1. The predicted octanol–water partition coefficient (Wildman–Crippen LogP) is 2.38. The number of alkyl halides is 3. The van der Waals surface area contributed by atoms with Gasteiger partial charge in [0.1, 0.15) is 12.4 Å². The molecule has 2 rings (SSSR count). The van der Waals surface area contributed by atoms with Gasteiger partial charge in [-0.1, -0.05) is 12.1 Å². The Balaban J connectivity index is 1.94. The highest BCUT2D eigenvalue weighted by Gasteiger charge is 2.32. The molecule has 0 aliphatic carbocycles. The largest absolute Gasteiger partial charge is 0.497 e. The van der Waals surface area contributed by atoms with E-state index in [1.165, 1.54) is 0 Å². The Morgan fingerprint density at radius 1 is 1.36 bits per heavy atom. The number of halogens is 3. The maximum absolute atomic E-state index is 12.1. The number of nitrogens with zero attached hydrogens (tertiary/aromatic N) is 1. The van der Waals surface area contributed by atoms with Crippen LogP contribution in [0.25, 0.3) is 0 Å². The Morgan fingerprint density at radius 3 is 2.82 bits per heavy atom. The first-order valence-electron chi connectivity index (χ1n) is 7.09. The molecule has 22 heavy (non-hydrogen) atoms. The minimum atomic E-state index is -4.31. The van der Waals surface area contributed by atoms with Gasteiger partial charge in [-0.05, 0) is 24.1 Å².